The van der Waals surface area contributed by atoms with Crippen molar-refractivity contribution in [1.82, 2.24) is 10.2 Å². The van der Waals surface area contributed by atoms with Crippen molar-refractivity contribution < 1.29 is 9.59 Å². The molecule has 0 aromatic heterocycles. The van der Waals surface area contributed by atoms with Gasteiger partial charge in [-0.15, -0.1) is 0 Å². The summed E-state index contributed by atoms with van der Waals surface area (Å²) in [5.41, 5.74) is 3.95. The fraction of sp³-hybridized carbons (Fsp3) is 0.333. The van der Waals surface area contributed by atoms with E-state index in [2.05, 4.69) is 10.6 Å². The molecule has 0 aliphatic rings. The second-order valence-electron chi connectivity index (χ2n) is 6.58. The van der Waals surface area contributed by atoms with Crippen LogP contribution >= 0.6 is 0 Å². The van der Waals surface area contributed by atoms with Crippen LogP contribution in [-0.2, 0) is 9.59 Å². The third kappa shape index (κ3) is 5.43. The van der Waals surface area contributed by atoms with Crippen LogP contribution in [0.3, 0.4) is 0 Å². The number of carbonyl (C=O) groups is 2. The zero-order valence-electron chi connectivity index (χ0n) is 15.9. The van der Waals surface area contributed by atoms with Gasteiger partial charge in [0.1, 0.15) is 0 Å². The second kappa shape index (κ2) is 9.15. The van der Waals surface area contributed by atoms with E-state index in [4.69, 9.17) is 0 Å². The van der Waals surface area contributed by atoms with Crippen molar-refractivity contribution in [2.75, 3.05) is 25.5 Å². The maximum atomic E-state index is 12.3. The van der Waals surface area contributed by atoms with Crippen LogP contribution in [0.15, 0.2) is 48.5 Å². The highest BCUT2D eigenvalue weighted by atomic mass is 16.2. The van der Waals surface area contributed by atoms with Crippen LogP contribution in [0, 0.1) is 13.8 Å². The van der Waals surface area contributed by atoms with Gasteiger partial charge in [0, 0.05) is 18.8 Å². The van der Waals surface area contributed by atoms with E-state index in [0.717, 1.165) is 22.4 Å². The zero-order chi connectivity index (χ0) is 19.1. The number of anilines is 1. The van der Waals surface area contributed by atoms with Gasteiger partial charge in [-0.1, -0.05) is 48.5 Å². The highest BCUT2D eigenvalue weighted by molar-refractivity contribution is 5.95. The predicted molar refractivity (Wildman–Crippen MR) is 105 cm³/mol. The summed E-state index contributed by atoms with van der Waals surface area (Å²) in [7, 11) is 1.64. The fourth-order valence-corrected chi connectivity index (χ4v) is 2.73. The van der Waals surface area contributed by atoms with Crippen LogP contribution in [0.5, 0.6) is 0 Å². The summed E-state index contributed by atoms with van der Waals surface area (Å²) in [5.74, 6) is -0.321. The summed E-state index contributed by atoms with van der Waals surface area (Å²) in [6.07, 6.45) is 0. The number of rotatable bonds is 7. The number of benzene rings is 2. The molecule has 0 unspecified atom stereocenters. The van der Waals surface area contributed by atoms with E-state index in [-0.39, 0.29) is 30.9 Å². The largest absolute Gasteiger partial charge is 0.335 e. The first kappa shape index (κ1) is 19.7. The Balaban J connectivity index is 1.83. The summed E-state index contributed by atoms with van der Waals surface area (Å²) >= 11 is 0. The lowest BCUT2D eigenvalue weighted by atomic mass is 10.1. The molecule has 0 spiro atoms. The Morgan fingerprint density at radius 3 is 2.23 bits per heavy atom. The third-order valence-corrected chi connectivity index (χ3v) is 4.41. The lowest BCUT2D eigenvalue weighted by Crippen LogP contribution is -2.40. The van der Waals surface area contributed by atoms with Crippen LogP contribution in [0.2, 0.25) is 0 Å². The summed E-state index contributed by atoms with van der Waals surface area (Å²) in [4.78, 5) is 26.0. The van der Waals surface area contributed by atoms with Gasteiger partial charge in [-0.2, -0.15) is 0 Å². The number of hydrogen-bond donors (Lipinski definition) is 2. The molecule has 2 aromatic carbocycles. The molecule has 0 aliphatic carbocycles. The Morgan fingerprint density at radius 1 is 1.00 bits per heavy atom. The highest BCUT2D eigenvalue weighted by Crippen LogP contribution is 2.19. The molecule has 0 saturated heterocycles. The first-order valence-electron chi connectivity index (χ1n) is 8.77. The average molecular weight is 353 g/mol. The third-order valence-electron chi connectivity index (χ3n) is 4.41. The van der Waals surface area contributed by atoms with Gasteiger partial charge in [0.05, 0.1) is 13.1 Å². The predicted octanol–water partition coefficient (Wildman–Crippen LogP) is 3.05. The van der Waals surface area contributed by atoms with Crippen LogP contribution in [0.25, 0.3) is 0 Å². The number of amides is 2. The second-order valence-corrected chi connectivity index (χ2v) is 6.58. The van der Waals surface area contributed by atoms with Crippen molar-refractivity contribution >= 4 is 17.5 Å². The Kier molecular flexibility index (Phi) is 6.92. The van der Waals surface area contributed by atoms with Crippen molar-refractivity contribution in [3.8, 4) is 0 Å². The van der Waals surface area contributed by atoms with Gasteiger partial charge in [-0.25, -0.2) is 0 Å². The summed E-state index contributed by atoms with van der Waals surface area (Å²) in [5, 5.41) is 6.10. The van der Waals surface area contributed by atoms with Crippen LogP contribution in [0.1, 0.15) is 29.7 Å². The molecule has 1 atom stereocenters. The zero-order valence-corrected chi connectivity index (χ0v) is 15.9. The fourth-order valence-electron chi connectivity index (χ4n) is 2.73. The molecule has 5 nitrogen and oxygen atoms in total. The quantitative estimate of drug-likeness (QED) is 0.804. The maximum Gasteiger partial charge on any atom is 0.243 e. The molecule has 2 N–H and O–H groups in total. The first-order chi connectivity index (χ1) is 12.4. The van der Waals surface area contributed by atoms with E-state index in [0.29, 0.717) is 0 Å². The number of aryl methyl sites for hydroxylation is 2. The Hall–Kier alpha value is -2.66. The van der Waals surface area contributed by atoms with Crippen molar-refractivity contribution in [3.63, 3.8) is 0 Å². The first-order valence-corrected chi connectivity index (χ1v) is 8.77. The average Bonchev–Trinajstić information content (AvgIpc) is 2.63. The van der Waals surface area contributed by atoms with Gasteiger partial charge in [0.2, 0.25) is 11.8 Å². The molecule has 0 saturated carbocycles. The van der Waals surface area contributed by atoms with Crippen molar-refractivity contribution in [1.29, 1.82) is 0 Å². The van der Waals surface area contributed by atoms with E-state index in [1.807, 2.05) is 69.3 Å². The van der Waals surface area contributed by atoms with Gasteiger partial charge in [0.15, 0.2) is 0 Å². The normalized spacial score (nSPS) is 11.7. The van der Waals surface area contributed by atoms with Crippen LogP contribution in [-0.4, -0.2) is 36.9 Å². The van der Waals surface area contributed by atoms with Gasteiger partial charge in [-0.05, 0) is 37.5 Å². The minimum Gasteiger partial charge on any atom is -0.335 e. The number of hydrogen-bond acceptors (Lipinski definition) is 3. The highest BCUT2D eigenvalue weighted by Gasteiger charge is 2.15. The number of likely N-dealkylation sites (N-methyl/N-ethyl adjacent to an activating group) is 1. The van der Waals surface area contributed by atoms with E-state index in [9.17, 15) is 9.59 Å². The molecule has 26 heavy (non-hydrogen) atoms. The molecule has 2 aromatic rings. The number of nitrogens with one attached hydrogen (secondary N) is 2. The lowest BCUT2D eigenvalue weighted by Gasteiger charge is -2.20. The van der Waals surface area contributed by atoms with Gasteiger partial charge in [0.25, 0.3) is 0 Å². The number of carbonyl (C=O) groups excluding carboxylic acids is 2. The molecular formula is C21H27N3O2. The van der Waals surface area contributed by atoms with Crippen LogP contribution < -0.4 is 10.6 Å². The number of nitrogens with zero attached hydrogens (tertiary/aromatic N) is 1. The SMILES string of the molecule is Cc1cccc(C)c1NC(=O)CN(C)C(=O)CN[C@@H](C)c1ccccc1. The standard InChI is InChI=1S/C21H27N3O2/c1-15-9-8-10-16(2)21(15)23-19(25)14-24(4)20(26)13-22-17(3)18-11-6-5-7-12-18/h5-12,17,22H,13-14H2,1-4H3,(H,23,25)/t17-/m0/s1. The maximum absolute atomic E-state index is 12.3. The smallest absolute Gasteiger partial charge is 0.243 e. The molecule has 2 amide bonds. The minimum absolute atomic E-state index is 0.0218. The monoisotopic (exact) mass is 353 g/mol. The molecule has 2 rings (SSSR count). The van der Waals surface area contributed by atoms with E-state index in [1.54, 1.807) is 7.05 Å². The molecule has 0 bridgehead atoms. The molecule has 0 heterocycles. The summed E-state index contributed by atoms with van der Waals surface area (Å²) in [6.45, 7) is 6.12. The lowest BCUT2D eigenvalue weighted by molar-refractivity contribution is -0.132. The van der Waals surface area contributed by atoms with Gasteiger partial charge in [-0.3, -0.25) is 9.59 Å². The summed E-state index contributed by atoms with van der Waals surface area (Å²) in [6, 6.07) is 15.9. The molecule has 0 fully saturated rings. The van der Waals surface area contributed by atoms with Gasteiger partial charge < -0.3 is 15.5 Å². The van der Waals surface area contributed by atoms with E-state index < -0.39 is 0 Å². The molecule has 5 heteroatoms. The molecule has 0 aliphatic heterocycles. The van der Waals surface area contributed by atoms with Crippen molar-refractivity contribution in [2.24, 2.45) is 0 Å². The van der Waals surface area contributed by atoms with E-state index >= 15 is 0 Å². The minimum atomic E-state index is -0.200. The van der Waals surface area contributed by atoms with Gasteiger partial charge >= 0.3 is 0 Å². The van der Waals surface area contributed by atoms with Crippen molar-refractivity contribution in [3.05, 3.63) is 65.2 Å². The molecule has 138 valence electrons. The van der Waals surface area contributed by atoms with Crippen molar-refractivity contribution in [2.45, 2.75) is 26.8 Å². The Bertz CT molecular complexity index is 739. The molecular weight excluding hydrogens is 326 g/mol. The molecule has 0 radical (unpaired) electrons. The van der Waals surface area contributed by atoms with E-state index in [1.165, 1.54) is 4.90 Å². The topological polar surface area (TPSA) is 61.4 Å². The Labute approximate surface area is 155 Å². The summed E-state index contributed by atoms with van der Waals surface area (Å²) < 4.78 is 0. The number of para-hydroxylation sites is 1. The Morgan fingerprint density at radius 2 is 1.62 bits per heavy atom. The van der Waals surface area contributed by atoms with Crippen LogP contribution in [0.4, 0.5) is 5.69 Å².